The lowest BCUT2D eigenvalue weighted by molar-refractivity contribution is -0.168. The van der Waals surface area contributed by atoms with Crippen LogP contribution in [0.1, 0.15) is 124 Å². The SMILES string of the molecule is COC(=O)CCCC=CC[C@@]1(O)CC[C@@H](C(=CCC(C)(C)CCC(C)COC2CCCCO2)O[C@H]2CCCCO2)C1. The molecule has 2 saturated heterocycles. The molecule has 0 bridgehead atoms. The van der Waals surface area contributed by atoms with Gasteiger partial charge >= 0.3 is 5.97 Å². The van der Waals surface area contributed by atoms with E-state index in [0.717, 1.165) is 103 Å². The number of unbranched alkanes of at least 4 members (excludes halogenated alkanes) is 1. The molecule has 0 aromatic rings. The third-order valence-corrected chi connectivity index (χ3v) is 8.91. The fourth-order valence-corrected chi connectivity index (χ4v) is 6.00. The number of allylic oxidation sites excluding steroid dienone is 3. The summed E-state index contributed by atoms with van der Waals surface area (Å²) in [5.74, 6) is 1.53. The lowest BCUT2D eigenvalue weighted by Crippen LogP contribution is -2.26. The van der Waals surface area contributed by atoms with Crippen molar-refractivity contribution in [2.24, 2.45) is 17.3 Å². The van der Waals surface area contributed by atoms with Gasteiger partial charge in [-0.3, -0.25) is 4.79 Å². The maximum absolute atomic E-state index is 11.4. The van der Waals surface area contributed by atoms with Gasteiger partial charge in [0.1, 0.15) is 0 Å². The number of ether oxygens (including phenoxy) is 5. The lowest BCUT2D eigenvalue weighted by atomic mass is 9.81. The Balaban J connectivity index is 1.50. The van der Waals surface area contributed by atoms with Crippen molar-refractivity contribution in [1.29, 1.82) is 0 Å². The normalized spacial score (nSPS) is 28.6. The fraction of sp³-hybridized carbons (Fsp3) is 0.853. The first-order chi connectivity index (χ1) is 19.7. The van der Waals surface area contributed by atoms with E-state index in [1.54, 1.807) is 0 Å². The number of hydrogen-bond acceptors (Lipinski definition) is 7. The number of methoxy groups -OCH3 is 1. The van der Waals surface area contributed by atoms with E-state index in [0.29, 0.717) is 25.2 Å². The predicted molar refractivity (Wildman–Crippen MR) is 161 cm³/mol. The zero-order chi connectivity index (χ0) is 29.6. The highest BCUT2D eigenvalue weighted by atomic mass is 16.7. The van der Waals surface area contributed by atoms with Gasteiger partial charge in [-0.25, -0.2) is 0 Å². The summed E-state index contributed by atoms with van der Waals surface area (Å²) >= 11 is 0. The lowest BCUT2D eigenvalue weighted by Gasteiger charge is -2.30. The van der Waals surface area contributed by atoms with Crippen LogP contribution in [0.15, 0.2) is 24.0 Å². The van der Waals surface area contributed by atoms with Gasteiger partial charge in [0.15, 0.2) is 12.6 Å². The first-order valence-electron chi connectivity index (χ1n) is 16.3. The molecule has 236 valence electrons. The number of aliphatic hydroxyl groups is 1. The van der Waals surface area contributed by atoms with E-state index >= 15 is 0 Å². The van der Waals surface area contributed by atoms with Crippen LogP contribution >= 0.6 is 0 Å². The van der Waals surface area contributed by atoms with Crippen LogP contribution in [0, 0.1) is 17.3 Å². The molecule has 7 nitrogen and oxygen atoms in total. The predicted octanol–water partition coefficient (Wildman–Crippen LogP) is 7.61. The van der Waals surface area contributed by atoms with Crippen molar-refractivity contribution in [2.45, 2.75) is 142 Å². The quantitative estimate of drug-likeness (QED) is 0.0823. The monoisotopic (exact) mass is 578 g/mol. The minimum Gasteiger partial charge on any atom is -0.469 e. The van der Waals surface area contributed by atoms with Gasteiger partial charge in [-0.2, -0.15) is 0 Å². The Morgan fingerprint density at radius 3 is 2.49 bits per heavy atom. The van der Waals surface area contributed by atoms with E-state index in [2.05, 4.69) is 39.0 Å². The summed E-state index contributed by atoms with van der Waals surface area (Å²) in [6.45, 7) is 9.28. The number of carbonyl (C=O) groups is 1. The van der Waals surface area contributed by atoms with Crippen LogP contribution in [-0.2, 0) is 28.5 Å². The number of rotatable bonds is 17. The second-order valence-electron chi connectivity index (χ2n) is 13.5. The van der Waals surface area contributed by atoms with Crippen LogP contribution in [-0.4, -0.2) is 56.2 Å². The van der Waals surface area contributed by atoms with Crippen LogP contribution < -0.4 is 0 Å². The van der Waals surface area contributed by atoms with Crippen molar-refractivity contribution in [3.8, 4) is 0 Å². The summed E-state index contributed by atoms with van der Waals surface area (Å²) in [7, 11) is 1.42. The average Bonchev–Trinajstić information content (AvgIpc) is 3.37. The highest BCUT2D eigenvalue weighted by Gasteiger charge is 2.39. The van der Waals surface area contributed by atoms with Gasteiger partial charge in [-0.1, -0.05) is 32.9 Å². The van der Waals surface area contributed by atoms with Crippen molar-refractivity contribution < 1.29 is 33.6 Å². The summed E-state index contributed by atoms with van der Waals surface area (Å²) < 4.78 is 28.9. The Kier molecular flexibility index (Phi) is 14.7. The highest BCUT2D eigenvalue weighted by Crippen LogP contribution is 2.43. The number of carbonyl (C=O) groups excluding carboxylic acids is 1. The van der Waals surface area contributed by atoms with Crippen LogP contribution in [0.5, 0.6) is 0 Å². The first kappa shape index (κ1) is 34.1. The molecule has 1 aliphatic carbocycles. The summed E-state index contributed by atoms with van der Waals surface area (Å²) in [6, 6.07) is 0. The molecule has 0 aromatic heterocycles. The standard InChI is InChI=1S/C34H58O7/c1-27(26-40-31-14-8-11-23-38-31)16-20-33(2,3)21-18-29(41-32-15-9-12-24-39-32)28-17-22-34(36,25-28)19-10-6-5-7-13-30(35)37-4/h6,10,18,27-28,31-32,36H,5,7-9,11-17,19-26H2,1-4H3/t27?,28-,31?,32+,34-/m1/s1. The smallest absolute Gasteiger partial charge is 0.305 e. The van der Waals surface area contributed by atoms with E-state index in [-0.39, 0.29) is 29.9 Å². The molecular weight excluding hydrogens is 520 g/mol. The van der Waals surface area contributed by atoms with E-state index in [9.17, 15) is 9.90 Å². The summed E-state index contributed by atoms with van der Waals surface area (Å²) in [5.41, 5.74) is -0.578. The minimum atomic E-state index is -0.716. The maximum Gasteiger partial charge on any atom is 0.305 e. The van der Waals surface area contributed by atoms with Crippen LogP contribution in [0.25, 0.3) is 0 Å². The second-order valence-corrected chi connectivity index (χ2v) is 13.5. The zero-order valence-electron chi connectivity index (χ0n) is 26.4. The second kappa shape index (κ2) is 17.6. The van der Waals surface area contributed by atoms with Crippen molar-refractivity contribution in [2.75, 3.05) is 26.9 Å². The third kappa shape index (κ3) is 13.2. The van der Waals surface area contributed by atoms with Gasteiger partial charge in [0, 0.05) is 25.4 Å². The van der Waals surface area contributed by atoms with E-state index < -0.39 is 5.60 Å². The molecule has 3 fully saturated rings. The van der Waals surface area contributed by atoms with Crippen LogP contribution in [0.4, 0.5) is 0 Å². The highest BCUT2D eigenvalue weighted by molar-refractivity contribution is 5.69. The van der Waals surface area contributed by atoms with Crippen molar-refractivity contribution in [3.05, 3.63) is 24.0 Å². The molecule has 7 heteroatoms. The Labute approximate surface area is 249 Å². The molecule has 2 heterocycles. The van der Waals surface area contributed by atoms with Gasteiger partial charge in [0.05, 0.1) is 31.7 Å². The van der Waals surface area contributed by atoms with E-state index in [1.165, 1.54) is 13.5 Å². The first-order valence-corrected chi connectivity index (χ1v) is 16.3. The van der Waals surface area contributed by atoms with Crippen LogP contribution in [0.3, 0.4) is 0 Å². The van der Waals surface area contributed by atoms with Crippen molar-refractivity contribution >= 4 is 5.97 Å². The molecule has 1 N–H and O–H groups in total. The molecular formula is C34H58O7. The average molecular weight is 579 g/mol. The molecule has 0 spiro atoms. The van der Waals surface area contributed by atoms with E-state index in [1.807, 2.05) is 0 Å². The summed E-state index contributed by atoms with van der Waals surface area (Å²) in [4.78, 5) is 11.3. The number of hydrogen-bond donors (Lipinski definition) is 1. The zero-order valence-corrected chi connectivity index (χ0v) is 26.4. The van der Waals surface area contributed by atoms with Gasteiger partial charge in [0.2, 0.25) is 0 Å². The molecule has 5 atom stereocenters. The maximum atomic E-state index is 11.4. The molecule has 2 unspecified atom stereocenters. The Morgan fingerprint density at radius 2 is 1.80 bits per heavy atom. The largest absolute Gasteiger partial charge is 0.469 e. The summed E-state index contributed by atoms with van der Waals surface area (Å²) in [5, 5.41) is 11.4. The molecule has 0 aromatic carbocycles. The van der Waals surface area contributed by atoms with Crippen LogP contribution in [0.2, 0.25) is 0 Å². The molecule has 41 heavy (non-hydrogen) atoms. The third-order valence-electron chi connectivity index (χ3n) is 8.91. The molecule has 1 saturated carbocycles. The van der Waals surface area contributed by atoms with Gasteiger partial charge in [0.25, 0.3) is 0 Å². The molecule has 3 aliphatic rings. The number of esters is 1. The van der Waals surface area contributed by atoms with Crippen molar-refractivity contribution in [3.63, 3.8) is 0 Å². The van der Waals surface area contributed by atoms with Crippen molar-refractivity contribution in [1.82, 2.24) is 0 Å². The minimum absolute atomic E-state index is 0.0176. The molecule has 0 radical (unpaired) electrons. The van der Waals surface area contributed by atoms with E-state index in [4.69, 9.17) is 23.7 Å². The van der Waals surface area contributed by atoms with Gasteiger partial charge in [-0.15, -0.1) is 0 Å². The molecule has 0 amide bonds. The van der Waals surface area contributed by atoms with Gasteiger partial charge in [-0.05, 0) is 107 Å². The van der Waals surface area contributed by atoms with Gasteiger partial charge < -0.3 is 28.8 Å². The topological polar surface area (TPSA) is 83.5 Å². The Morgan fingerprint density at radius 1 is 1.07 bits per heavy atom. The fourth-order valence-electron chi connectivity index (χ4n) is 6.00. The Hall–Kier alpha value is -1.41. The molecule has 2 aliphatic heterocycles. The molecule has 3 rings (SSSR count). The Bertz CT molecular complexity index is 810. The summed E-state index contributed by atoms with van der Waals surface area (Å²) in [6.07, 6.45) is 21.0.